The van der Waals surface area contributed by atoms with Gasteiger partial charge in [0.05, 0.1) is 12.8 Å². The first-order valence-electron chi connectivity index (χ1n) is 8.25. The van der Waals surface area contributed by atoms with Crippen molar-refractivity contribution in [3.63, 3.8) is 0 Å². The number of ether oxygens (including phenoxy) is 1. The molecule has 0 spiro atoms. The van der Waals surface area contributed by atoms with Gasteiger partial charge in [-0.1, -0.05) is 12.8 Å². The van der Waals surface area contributed by atoms with Gasteiger partial charge < -0.3 is 10.1 Å². The van der Waals surface area contributed by atoms with Crippen molar-refractivity contribution in [1.29, 1.82) is 0 Å². The molecular weight excluding hydrogens is 280 g/mol. The summed E-state index contributed by atoms with van der Waals surface area (Å²) in [6.07, 6.45) is 6.24. The summed E-state index contributed by atoms with van der Waals surface area (Å²) in [5.41, 5.74) is 2.40. The monoisotopic (exact) mass is 306 g/mol. The van der Waals surface area contributed by atoms with Gasteiger partial charge in [0, 0.05) is 44.0 Å². The maximum absolute atomic E-state index is 12.3. The lowest BCUT2D eigenvalue weighted by Crippen LogP contribution is -2.51. The van der Waals surface area contributed by atoms with Gasteiger partial charge in [-0.3, -0.25) is 14.4 Å². The van der Waals surface area contributed by atoms with E-state index in [4.69, 9.17) is 4.74 Å². The van der Waals surface area contributed by atoms with E-state index in [2.05, 4.69) is 22.2 Å². The van der Waals surface area contributed by atoms with Gasteiger partial charge in [-0.2, -0.15) is 5.10 Å². The van der Waals surface area contributed by atoms with Crippen LogP contribution in [0.2, 0.25) is 0 Å². The number of carbonyl (C=O) groups excluding carboxylic acids is 1. The molecule has 2 heterocycles. The van der Waals surface area contributed by atoms with Crippen LogP contribution in [0.3, 0.4) is 0 Å². The zero-order valence-corrected chi connectivity index (χ0v) is 13.5. The topological polar surface area (TPSA) is 59.4 Å². The van der Waals surface area contributed by atoms with E-state index >= 15 is 0 Å². The molecule has 1 aromatic heterocycles. The van der Waals surface area contributed by atoms with Crippen LogP contribution in [-0.4, -0.2) is 52.4 Å². The van der Waals surface area contributed by atoms with Gasteiger partial charge in [0.1, 0.15) is 6.10 Å². The Morgan fingerprint density at radius 3 is 2.91 bits per heavy atom. The van der Waals surface area contributed by atoms with E-state index in [1.165, 1.54) is 24.1 Å². The number of carbonyl (C=O) groups is 1. The molecule has 2 fully saturated rings. The SMILES string of the molecule is Cc1c(CN2CCO[C@@H](C(=O)NC3CCCC3)C2)cnn1C. The Balaban J connectivity index is 1.54. The second-order valence-corrected chi connectivity index (χ2v) is 6.46. The lowest BCUT2D eigenvalue weighted by molar-refractivity contribution is -0.139. The standard InChI is InChI=1S/C16H26N4O2/c1-12-13(9-17-19(12)2)10-20-7-8-22-15(11-20)16(21)18-14-5-3-4-6-14/h9,14-15H,3-8,10-11H2,1-2H3,(H,18,21)/t15-/m1/s1. The van der Waals surface area contributed by atoms with Crippen LogP contribution in [0.15, 0.2) is 6.20 Å². The second kappa shape index (κ2) is 6.79. The predicted octanol–water partition coefficient (Wildman–Crippen LogP) is 0.988. The van der Waals surface area contributed by atoms with Crippen LogP contribution in [0.25, 0.3) is 0 Å². The van der Waals surface area contributed by atoms with Crippen molar-refractivity contribution < 1.29 is 9.53 Å². The molecule has 6 heteroatoms. The molecule has 1 atom stereocenters. The van der Waals surface area contributed by atoms with Crippen molar-refractivity contribution in [1.82, 2.24) is 20.0 Å². The van der Waals surface area contributed by atoms with E-state index in [1.54, 1.807) is 0 Å². The smallest absolute Gasteiger partial charge is 0.250 e. The minimum Gasteiger partial charge on any atom is -0.366 e. The average Bonchev–Trinajstić information content (AvgIpc) is 3.13. The van der Waals surface area contributed by atoms with Crippen LogP contribution in [0.5, 0.6) is 0 Å². The minimum atomic E-state index is -0.341. The molecule has 122 valence electrons. The molecule has 3 rings (SSSR count). The van der Waals surface area contributed by atoms with Gasteiger partial charge in [0.25, 0.3) is 5.91 Å². The molecule has 1 N–H and O–H groups in total. The molecule has 1 aliphatic carbocycles. The van der Waals surface area contributed by atoms with E-state index in [-0.39, 0.29) is 12.0 Å². The van der Waals surface area contributed by atoms with Crippen LogP contribution in [0.4, 0.5) is 0 Å². The summed E-state index contributed by atoms with van der Waals surface area (Å²) in [6, 6.07) is 0.354. The maximum Gasteiger partial charge on any atom is 0.250 e. The number of nitrogens with zero attached hydrogens (tertiary/aromatic N) is 3. The quantitative estimate of drug-likeness (QED) is 0.901. The fourth-order valence-corrected chi connectivity index (χ4v) is 3.31. The van der Waals surface area contributed by atoms with Crippen molar-refractivity contribution in [2.75, 3.05) is 19.7 Å². The number of morpholine rings is 1. The van der Waals surface area contributed by atoms with E-state index in [0.29, 0.717) is 19.2 Å². The third-order valence-electron chi connectivity index (χ3n) is 4.88. The highest BCUT2D eigenvalue weighted by atomic mass is 16.5. The molecule has 0 aromatic carbocycles. The molecule has 1 aromatic rings. The van der Waals surface area contributed by atoms with Crippen LogP contribution < -0.4 is 5.32 Å². The predicted molar refractivity (Wildman–Crippen MR) is 83.4 cm³/mol. The van der Waals surface area contributed by atoms with E-state index in [0.717, 1.165) is 25.9 Å². The molecule has 22 heavy (non-hydrogen) atoms. The van der Waals surface area contributed by atoms with Crippen LogP contribution in [-0.2, 0) is 23.1 Å². The summed E-state index contributed by atoms with van der Waals surface area (Å²) in [5.74, 6) is 0.0551. The molecule has 2 aliphatic rings. The Kier molecular flexibility index (Phi) is 4.78. The summed E-state index contributed by atoms with van der Waals surface area (Å²) in [6.45, 7) is 5.04. The zero-order chi connectivity index (χ0) is 15.5. The first-order chi connectivity index (χ1) is 10.6. The average molecular weight is 306 g/mol. The molecular formula is C16H26N4O2. The van der Waals surface area contributed by atoms with Gasteiger partial charge in [0.2, 0.25) is 0 Å². The van der Waals surface area contributed by atoms with E-state index < -0.39 is 0 Å². The van der Waals surface area contributed by atoms with E-state index in [9.17, 15) is 4.79 Å². The number of rotatable bonds is 4. The van der Waals surface area contributed by atoms with Crippen molar-refractivity contribution in [3.8, 4) is 0 Å². The Labute approximate surface area is 131 Å². The number of hydrogen-bond acceptors (Lipinski definition) is 4. The van der Waals surface area contributed by atoms with Crippen molar-refractivity contribution >= 4 is 5.91 Å². The fraction of sp³-hybridized carbons (Fsp3) is 0.750. The van der Waals surface area contributed by atoms with Gasteiger partial charge in [0.15, 0.2) is 0 Å². The summed E-state index contributed by atoms with van der Waals surface area (Å²) >= 11 is 0. The lowest BCUT2D eigenvalue weighted by Gasteiger charge is -2.32. The highest BCUT2D eigenvalue weighted by molar-refractivity contribution is 5.81. The van der Waals surface area contributed by atoms with Gasteiger partial charge in [-0.15, -0.1) is 0 Å². The second-order valence-electron chi connectivity index (χ2n) is 6.46. The first-order valence-corrected chi connectivity index (χ1v) is 8.25. The van der Waals surface area contributed by atoms with Crippen LogP contribution >= 0.6 is 0 Å². The third kappa shape index (κ3) is 3.50. The van der Waals surface area contributed by atoms with Crippen molar-refractivity contribution in [2.45, 2.75) is 51.3 Å². The van der Waals surface area contributed by atoms with Gasteiger partial charge >= 0.3 is 0 Å². The number of hydrogen-bond donors (Lipinski definition) is 1. The fourth-order valence-electron chi connectivity index (χ4n) is 3.31. The normalized spacial score (nSPS) is 23.8. The molecule has 0 radical (unpaired) electrons. The molecule has 1 amide bonds. The van der Waals surface area contributed by atoms with Gasteiger partial charge in [-0.25, -0.2) is 0 Å². The number of nitrogens with one attached hydrogen (secondary N) is 1. The number of amides is 1. The summed E-state index contributed by atoms with van der Waals surface area (Å²) < 4.78 is 7.57. The molecule has 1 aliphatic heterocycles. The van der Waals surface area contributed by atoms with E-state index in [1.807, 2.05) is 17.9 Å². The molecule has 1 saturated carbocycles. The third-order valence-corrected chi connectivity index (χ3v) is 4.88. The largest absolute Gasteiger partial charge is 0.366 e. The Hall–Kier alpha value is -1.40. The zero-order valence-electron chi connectivity index (χ0n) is 13.5. The first kappa shape index (κ1) is 15.5. The van der Waals surface area contributed by atoms with Crippen molar-refractivity contribution in [2.24, 2.45) is 7.05 Å². The Bertz CT molecular complexity index is 522. The molecule has 6 nitrogen and oxygen atoms in total. The number of aromatic nitrogens is 2. The lowest BCUT2D eigenvalue weighted by atomic mass is 10.2. The molecule has 0 bridgehead atoms. The van der Waals surface area contributed by atoms with Crippen LogP contribution in [0, 0.1) is 6.92 Å². The number of aryl methyl sites for hydroxylation is 1. The summed E-state index contributed by atoms with van der Waals surface area (Å²) in [7, 11) is 1.95. The summed E-state index contributed by atoms with van der Waals surface area (Å²) in [4.78, 5) is 14.6. The maximum atomic E-state index is 12.3. The Morgan fingerprint density at radius 2 is 2.23 bits per heavy atom. The van der Waals surface area contributed by atoms with Crippen molar-refractivity contribution in [3.05, 3.63) is 17.5 Å². The van der Waals surface area contributed by atoms with Gasteiger partial charge in [-0.05, 0) is 19.8 Å². The highest BCUT2D eigenvalue weighted by Gasteiger charge is 2.29. The Morgan fingerprint density at radius 1 is 1.45 bits per heavy atom. The minimum absolute atomic E-state index is 0.0551. The summed E-state index contributed by atoms with van der Waals surface area (Å²) in [5, 5.41) is 7.43. The highest BCUT2D eigenvalue weighted by Crippen LogP contribution is 2.18. The molecule has 0 unspecified atom stereocenters. The van der Waals surface area contributed by atoms with Crippen LogP contribution in [0.1, 0.15) is 36.9 Å². The molecule has 1 saturated heterocycles.